The van der Waals surface area contributed by atoms with Gasteiger partial charge < -0.3 is 15.1 Å². The van der Waals surface area contributed by atoms with Crippen LogP contribution in [0.4, 0.5) is 0 Å². The number of amides is 1. The van der Waals surface area contributed by atoms with Gasteiger partial charge >= 0.3 is 0 Å². The monoisotopic (exact) mass is 290 g/mol. The van der Waals surface area contributed by atoms with Gasteiger partial charge in [0.25, 0.3) is 5.91 Å². The molecule has 1 saturated heterocycles. The van der Waals surface area contributed by atoms with Crippen molar-refractivity contribution < 1.29 is 9.21 Å². The maximum atomic E-state index is 12.7. The van der Waals surface area contributed by atoms with Crippen LogP contribution in [0, 0.1) is 5.92 Å². The summed E-state index contributed by atoms with van der Waals surface area (Å²) in [5, 5.41) is 0. The third-order valence-electron chi connectivity index (χ3n) is 5.07. The first-order valence-corrected chi connectivity index (χ1v) is 8.36. The van der Waals surface area contributed by atoms with Crippen molar-refractivity contribution in [3.63, 3.8) is 0 Å². The molecule has 1 amide bonds. The molecule has 4 nitrogen and oxygen atoms in total. The molecular weight excluding hydrogens is 264 g/mol. The highest BCUT2D eigenvalue weighted by molar-refractivity contribution is 5.94. The van der Waals surface area contributed by atoms with Gasteiger partial charge in [0.05, 0.1) is 12.1 Å². The van der Waals surface area contributed by atoms with Gasteiger partial charge in [0, 0.05) is 12.6 Å². The van der Waals surface area contributed by atoms with Crippen LogP contribution in [0.15, 0.2) is 16.7 Å². The topological polar surface area (TPSA) is 59.5 Å². The van der Waals surface area contributed by atoms with Crippen LogP contribution in [0.25, 0.3) is 0 Å². The molecule has 2 heterocycles. The van der Waals surface area contributed by atoms with Gasteiger partial charge in [-0.15, -0.1) is 0 Å². The van der Waals surface area contributed by atoms with E-state index in [0.717, 1.165) is 25.3 Å². The van der Waals surface area contributed by atoms with Crippen LogP contribution in [0.5, 0.6) is 0 Å². The number of hydrogen-bond acceptors (Lipinski definition) is 3. The molecule has 1 saturated carbocycles. The van der Waals surface area contributed by atoms with Crippen molar-refractivity contribution in [3.8, 4) is 0 Å². The number of hydrogen-bond donors (Lipinski definition) is 1. The second kappa shape index (κ2) is 6.65. The van der Waals surface area contributed by atoms with Gasteiger partial charge in [0.2, 0.25) is 0 Å². The molecule has 0 radical (unpaired) electrons. The van der Waals surface area contributed by atoms with Crippen molar-refractivity contribution in [2.24, 2.45) is 11.7 Å². The minimum absolute atomic E-state index is 0.122. The molecule has 0 spiro atoms. The second-order valence-electron chi connectivity index (χ2n) is 6.54. The van der Waals surface area contributed by atoms with Crippen LogP contribution in [0.2, 0.25) is 0 Å². The molecule has 116 valence electrons. The zero-order valence-corrected chi connectivity index (χ0v) is 12.7. The van der Waals surface area contributed by atoms with Crippen molar-refractivity contribution in [2.75, 3.05) is 6.54 Å². The van der Waals surface area contributed by atoms with Gasteiger partial charge in [-0.2, -0.15) is 0 Å². The van der Waals surface area contributed by atoms with Gasteiger partial charge in [0.1, 0.15) is 12.0 Å². The first-order valence-electron chi connectivity index (χ1n) is 8.36. The third-order valence-corrected chi connectivity index (χ3v) is 5.07. The number of nitrogens with zero attached hydrogens (tertiary/aromatic N) is 1. The zero-order valence-electron chi connectivity index (χ0n) is 12.7. The number of carbonyl (C=O) groups excluding carboxylic acids is 1. The lowest BCUT2D eigenvalue weighted by Gasteiger charge is -2.30. The number of furan rings is 1. The van der Waals surface area contributed by atoms with Gasteiger partial charge in [-0.1, -0.05) is 32.1 Å². The highest BCUT2D eigenvalue weighted by atomic mass is 16.3. The molecule has 1 aromatic heterocycles. The Labute approximate surface area is 126 Å². The smallest absolute Gasteiger partial charge is 0.257 e. The fourth-order valence-electron chi connectivity index (χ4n) is 3.92. The Bertz CT molecular complexity index is 477. The van der Waals surface area contributed by atoms with Crippen molar-refractivity contribution in [1.29, 1.82) is 0 Å². The Hall–Kier alpha value is -1.29. The molecule has 0 bridgehead atoms. The lowest BCUT2D eigenvalue weighted by Crippen LogP contribution is -2.36. The van der Waals surface area contributed by atoms with Crippen molar-refractivity contribution in [2.45, 2.75) is 64.0 Å². The molecule has 2 aliphatic rings. The number of likely N-dealkylation sites (tertiary alicyclic amines) is 1. The van der Waals surface area contributed by atoms with Crippen LogP contribution in [-0.2, 0) is 6.54 Å². The van der Waals surface area contributed by atoms with E-state index in [0.29, 0.717) is 23.9 Å². The Balaban J connectivity index is 1.63. The molecular formula is C17H26N2O2. The first-order chi connectivity index (χ1) is 10.3. The minimum atomic E-state index is 0.122. The average Bonchev–Trinajstić information content (AvgIpc) is 3.16. The van der Waals surface area contributed by atoms with Crippen LogP contribution < -0.4 is 5.73 Å². The Morgan fingerprint density at radius 3 is 2.76 bits per heavy atom. The van der Waals surface area contributed by atoms with Gasteiger partial charge in [-0.25, -0.2) is 0 Å². The van der Waals surface area contributed by atoms with E-state index in [1.54, 1.807) is 12.3 Å². The molecule has 2 N–H and O–H groups in total. The molecule has 1 unspecified atom stereocenters. The minimum Gasteiger partial charge on any atom is -0.467 e. The molecule has 1 aliphatic heterocycles. The van der Waals surface area contributed by atoms with E-state index >= 15 is 0 Å². The van der Waals surface area contributed by atoms with Crippen LogP contribution >= 0.6 is 0 Å². The highest BCUT2D eigenvalue weighted by Crippen LogP contribution is 2.32. The molecule has 4 heteroatoms. The summed E-state index contributed by atoms with van der Waals surface area (Å²) in [6.45, 7) is 1.23. The Morgan fingerprint density at radius 1 is 1.24 bits per heavy atom. The second-order valence-corrected chi connectivity index (χ2v) is 6.54. The first kappa shape index (κ1) is 14.6. The van der Waals surface area contributed by atoms with E-state index in [-0.39, 0.29) is 5.91 Å². The SMILES string of the molecule is NCc1cc(C(=O)N2CCCC2CC2CCCCC2)co1. The average molecular weight is 290 g/mol. The predicted molar refractivity (Wildman–Crippen MR) is 81.8 cm³/mol. The maximum absolute atomic E-state index is 12.7. The summed E-state index contributed by atoms with van der Waals surface area (Å²) < 4.78 is 5.31. The van der Waals surface area contributed by atoms with Crippen LogP contribution in [0.1, 0.15) is 67.5 Å². The van der Waals surface area contributed by atoms with Crippen molar-refractivity contribution in [3.05, 3.63) is 23.7 Å². The number of rotatable bonds is 4. The number of carbonyl (C=O) groups is 1. The summed E-state index contributed by atoms with van der Waals surface area (Å²) in [4.78, 5) is 14.7. The lowest BCUT2D eigenvalue weighted by atomic mass is 9.84. The normalized spacial score (nSPS) is 23.7. The van der Waals surface area contributed by atoms with E-state index < -0.39 is 0 Å². The maximum Gasteiger partial charge on any atom is 0.257 e. The molecule has 3 rings (SSSR count). The van der Waals surface area contributed by atoms with Gasteiger partial charge in [-0.3, -0.25) is 4.79 Å². The Morgan fingerprint density at radius 2 is 2.05 bits per heavy atom. The quantitative estimate of drug-likeness (QED) is 0.925. The predicted octanol–water partition coefficient (Wildman–Crippen LogP) is 3.31. The van der Waals surface area contributed by atoms with E-state index in [1.165, 1.54) is 38.5 Å². The summed E-state index contributed by atoms with van der Waals surface area (Å²) in [5.74, 6) is 1.62. The standard InChI is InChI=1S/C17H26N2O2/c18-11-16-10-14(12-21-16)17(20)19-8-4-7-15(19)9-13-5-2-1-3-6-13/h10,12-13,15H,1-9,11,18H2. The summed E-state index contributed by atoms with van der Waals surface area (Å²) in [7, 11) is 0. The van der Waals surface area contributed by atoms with Gasteiger partial charge in [-0.05, 0) is 31.2 Å². The number of nitrogens with two attached hydrogens (primary N) is 1. The van der Waals surface area contributed by atoms with Crippen molar-refractivity contribution in [1.82, 2.24) is 4.90 Å². The summed E-state index contributed by atoms with van der Waals surface area (Å²) in [5.41, 5.74) is 6.21. The van der Waals surface area contributed by atoms with E-state index in [4.69, 9.17) is 10.2 Å². The Kier molecular flexibility index (Phi) is 4.63. The molecule has 0 aromatic carbocycles. The zero-order chi connectivity index (χ0) is 14.7. The summed E-state index contributed by atoms with van der Waals surface area (Å²) in [6, 6.07) is 2.22. The lowest BCUT2D eigenvalue weighted by molar-refractivity contribution is 0.0710. The fraction of sp³-hybridized carbons (Fsp3) is 0.706. The molecule has 1 aliphatic carbocycles. The van der Waals surface area contributed by atoms with Crippen LogP contribution in [0.3, 0.4) is 0 Å². The largest absolute Gasteiger partial charge is 0.467 e. The van der Waals surface area contributed by atoms with Crippen LogP contribution in [-0.4, -0.2) is 23.4 Å². The van der Waals surface area contributed by atoms with E-state index in [9.17, 15) is 4.79 Å². The molecule has 1 atom stereocenters. The van der Waals surface area contributed by atoms with Gasteiger partial charge in [0.15, 0.2) is 0 Å². The third kappa shape index (κ3) is 3.31. The van der Waals surface area contributed by atoms with Crippen molar-refractivity contribution >= 4 is 5.91 Å². The van der Waals surface area contributed by atoms with E-state index in [1.807, 2.05) is 0 Å². The molecule has 2 fully saturated rings. The van der Waals surface area contributed by atoms with E-state index in [2.05, 4.69) is 4.90 Å². The molecule has 1 aromatic rings. The summed E-state index contributed by atoms with van der Waals surface area (Å²) in [6.07, 6.45) is 11.9. The summed E-state index contributed by atoms with van der Waals surface area (Å²) >= 11 is 0. The fourth-order valence-corrected chi connectivity index (χ4v) is 3.92. The molecule has 21 heavy (non-hydrogen) atoms. The highest BCUT2D eigenvalue weighted by Gasteiger charge is 2.32.